The number of benzene rings is 2. The summed E-state index contributed by atoms with van der Waals surface area (Å²) in [5.41, 5.74) is 1.22. The van der Waals surface area contributed by atoms with Crippen LogP contribution in [0.3, 0.4) is 0 Å². The van der Waals surface area contributed by atoms with Crippen LogP contribution >= 0.6 is 22.6 Å². The Labute approximate surface area is 122 Å². The summed E-state index contributed by atoms with van der Waals surface area (Å²) in [5, 5.41) is 3.22. The monoisotopic (exact) mass is 353 g/mol. The lowest BCUT2D eigenvalue weighted by Crippen LogP contribution is -2.11. The van der Waals surface area contributed by atoms with Crippen LogP contribution in [0.25, 0.3) is 0 Å². The molecule has 0 heterocycles. The number of ether oxygens (including phenoxy) is 1. The molecule has 0 fully saturated rings. The molecule has 0 spiro atoms. The van der Waals surface area contributed by atoms with E-state index in [-0.39, 0.29) is 0 Å². The van der Waals surface area contributed by atoms with Crippen LogP contribution in [-0.2, 0) is 0 Å². The van der Waals surface area contributed by atoms with Gasteiger partial charge in [-0.05, 0) is 72.5 Å². The summed E-state index contributed by atoms with van der Waals surface area (Å²) in [6.45, 7) is 2.13. The third-order valence-electron chi connectivity index (χ3n) is 2.82. The first kappa shape index (κ1) is 13.4. The first-order valence-electron chi connectivity index (χ1n) is 5.89. The molecule has 2 aromatic rings. The Morgan fingerprint density at radius 3 is 2.39 bits per heavy atom. The molecule has 2 rings (SSSR count). The summed E-state index contributed by atoms with van der Waals surface area (Å²) in [7, 11) is 1.96. The number of hydrogen-bond donors (Lipinski definition) is 1. The fraction of sp³-hybridized carbons (Fsp3) is 0.200. The minimum Gasteiger partial charge on any atom is -0.457 e. The second kappa shape index (κ2) is 6.20. The average molecular weight is 353 g/mol. The molecule has 0 bridgehead atoms. The zero-order valence-electron chi connectivity index (χ0n) is 10.5. The maximum Gasteiger partial charge on any atom is 0.128 e. The normalized spacial score (nSPS) is 12.2. The fourth-order valence-electron chi connectivity index (χ4n) is 1.68. The van der Waals surface area contributed by atoms with Crippen molar-refractivity contribution in [3.8, 4) is 11.5 Å². The number of hydrogen-bond acceptors (Lipinski definition) is 2. The van der Waals surface area contributed by atoms with E-state index in [4.69, 9.17) is 4.74 Å². The predicted octanol–water partition coefficient (Wildman–Crippen LogP) is 4.36. The quantitative estimate of drug-likeness (QED) is 0.825. The topological polar surface area (TPSA) is 21.3 Å². The maximum atomic E-state index is 5.86. The minimum absolute atomic E-state index is 0.324. The van der Waals surface area contributed by atoms with Gasteiger partial charge in [-0.25, -0.2) is 0 Å². The van der Waals surface area contributed by atoms with Crippen LogP contribution in [0.15, 0.2) is 48.5 Å². The molecule has 3 heteroatoms. The molecule has 0 aliphatic heterocycles. The molecule has 18 heavy (non-hydrogen) atoms. The van der Waals surface area contributed by atoms with E-state index in [1.807, 2.05) is 43.4 Å². The highest BCUT2D eigenvalue weighted by Gasteiger charge is 2.04. The Bertz CT molecular complexity index is 527. The Kier molecular flexibility index (Phi) is 4.60. The zero-order chi connectivity index (χ0) is 13.0. The zero-order valence-corrected chi connectivity index (χ0v) is 12.6. The van der Waals surface area contributed by atoms with Crippen LogP contribution in [0.4, 0.5) is 0 Å². The standard InChI is InChI=1S/C15H16INO/c1-11(17-2)12-5-3-7-14(9-12)18-15-8-4-6-13(16)10-15/h3-11,17H,1-2H3. The fourth-order valence-corrected chi connectivity index (χ4v) is 2.20. The highest BCUT2D eigenvalue weighted by Crippen LogP contribution is 2.25. The van der Waals surface area contributed by atoms with Crippen molar-refractivity contribution >= 4 is 22.6 Å². The second-order valence-corrected chi connectivity index (χ2v) is 5.39. The summed E-state index contributed by atoms with van der Waals surface area (Å²) in [5.74, 6) is 1.74. The van der Waals surface area contributed by atoms with Crippen LogP contribution in [-0.4, -0.2) is 7.05 Å². The molecule has 1 atom stereocenters. The van der Waals surface area contributed by atoms with E-state index in [9.17, 15) is 0 Å². The highest BCUT2D eigenvalue weighted by atomic mass is 127. The van der Waals surface area contributed by atoms with Crippen molar-refractivity contribution in [2.45, 2.75) is 13.0 Å². The number of halogens is 1. The average Bonchev–Trinajstić information content (AvgIpc) is 2.38. The van der Waals surface area contributed by atoms with Gasteiger partial charge in [0.1, 0.15) is 11.5 Å². The summed E-state index contributed by atoms with van der Waals surface area (Å²) >= 11 is 2.28. The third kappa shape index (κ3) is 3.46. The van der Waals surface area contributed by atoms with Crippen molar-refractivity contribution in [3.63, 3.8) is 0 Å². The van der Waals surface area contributed by atoms with Gasteiger partial charge in [0.05, 0.1) is 0 Å². The van der Waals surface area contributed by atoms with E-state index < -0.39 is 0 Å². The third-order valence-corrected chi connectivity index (χ3v) is 3.49. The molecular weight excluding hydrogens is 337 g/mol. The van der Waals surface area contributed by atoms with E-state index >= 15 is 0 Å². The Balaban J connectivity index is 2.19. The Hall–Kier alpha value is -1.07. The lowest BCUT2D eigenvalue weighted by atomic mass is 10.1. The van der Waals surface area contributed by atoms with Gasteiger partial charge in [-0.15, -0.1) is 0 Å². The molecule has 0 saturated carbocycles. The first-order chi connectivity index (χ1) is 8.69. The van der Waals surface area contributed by atoms with Crippen LogP contribution in [0, 0.1) is 3.57 Å². The van der Waals surface area contributed by atoms with Gasteiger partial charge in [0.2, 0.25) is 0 Å². The van der Waals surface area contributed by atoms with Crippen LogP contribution in [0.2, 0.25) is 0 Å². The van der Waals surface area contributed by atoms with Gasteiger partial charge < -0.3 is 10.1 Å². The molecular formula is C15H16INO. The number of nitrogens with one attached hydrogen (secondary N) is 1. The van der Waals surface area contributed by atoms with Crippen LogP contribution in [0.1, 0.15) is 18.5 Å². The molecule has 2 nitrogen and oxygen atoms in total. The van der Waals surface area contributed by atoms with Crippen molar-refractivity contribution in [1.82, 2.24) is 5.32 Å². The van der Waals surface area contributed by atoms with Gasteiger partial charge in [0.25, 0.3) is 0 Å². The Morgan fingerprint density at radius 1 is 1.06 bits per heavy atom. The van der Waals surface area contributed by atoms with Crippen LogP contribution < -0.4 is 10.1 Å². The van der Waals surface area contributed by atoms with Gasteiger partial charge in [0, 0.05) is 9.61 Å². The second-order valence-electron chi connectivity index (χ2n) is 4.14. The summed E-state index contributed by atoms with van der Waals surface area (Å²) in [6.07, 6.45) is 0. The van der Waals surface area contributed by atoms with Gasteiger partial charge in [-0.1, -0.05) is 18.2 Å². The summed E-state index contributed by atoms with van der Waals surface area (Å²) in [6, 6.07) is 16.5. The lowest BCUT2D eigenvalue weighted by molar-refractivity contribution is 0.480. The molecule has 1 unspecified atom stereocenters. The van der Waals surface area contributed by atoms with E-state index in [0.717, 1.165) is 11.5 Å². The first-order valence-corrected chi connectivity index (χ1v) is 6.97. The molecule has 0 aliphatic rings. The number of rotatable bonds is 4. The van der Waals surface area contributed by atoms with Gasteiger partial charge in [-0.2, -0.15) is 0 Å². The van der Waals surface area contributed by atoms with Gasteiger partial charge in [0.15, 0.2) is 0 Å². The van der Waals surface area contributed by atoms with E-state index in [2.05, 4.69) is 47.0 Å². The maximum absolute atomic E-state index is 5.86. The van der Waals surface area contributed by atoms with Crippen molar-refractivity contribution < 1.29 is 4.74 Å². The van der Waals surface area contributed by atoms with Crippen LogP contribution in [0.5, 0.6) is 11.5 Å². The Morgan fingerprint density at radius 2 is 1.72 bits per heavy atom. The molecule has 0 aromatic heterocycles. The molecule has 2 aromatic carbocycles. The largest absolute Gasteiger partial charge is 0.457 e. The van der Waals surface area contributed by atoms with Crippen molar-refractivity contribution in [3.05, 3.63) is 57.7 Å². The van der Waals surface area contributed by atoms with Crippen molar-refractivity contribution in [1.29, 1.82) is 0 Å². The smallest absolute Gasteiger partial charge is 0.128 e. The SMILES string of the molecule is CNC(C)c1cccc(Oc2cccc(I)c2)c1. The molecule has 1 N–H and O–H groups in total. The summed E-state index contributed by atoms with van der Waals surface area (Å²) in [4.78, 5) is 0. The predicted molar refractivity (Wildman–Crippen MR) is 83.1 cm³/mol. The van der Waals surface area contributed by atoms with E-state index in [1.165, 1.54) is 9.13 Å². The van der Waals surface area contributed by atoms with Crippen molar-refractivity contribution in [2.24, 2.45) is 0 Å². The highest BCUT2D eigenvalue weighted by molar-refractivity contribution is 14.1. The molecule has 0 aliphatic carbocycles. The summed E-state index contributed by atoms with van der Waals surface area (Å²) < 4.78 is 7.03. The molecule has 0 saturated heterocycles. The van der Waals surface area contributed by atoms with Crippen molar-refractivity contribution in [2.75, 3.05) is 7.05 Å². The van der Waals surface area contributed by atoms with Gasteiger partial charge in [-0.3, -0.25) is 0 Å². The van der Waals surface area contributed by atoms with E-state index in [1.54, 1.807) is 0 Å². The molecule has 0 radical (unpaired) electrons. The lowest BCUT2D eigenvalue weighted by Gasteiger charge is -2.12. The van der Waals surface area contributed by atoms with E-state index in [0.29, 0.717) is 6.04 Å². The molecule has 94 valence electrons. The minimum atomic E-state index is 0.324. The van der Waals surface area contributed by atoms with Gasteiger partial charge >= 0.3 is 0 Å². The molecule has 0 amide bonds.